The van der Waals surface area contributed by atoms with Crippen LogP contribution in [0.1, 0.15) is 5.69 Å². The molecule has 1 N–H and O–H groups in total. The molecule has 1 amide bonds. The van der Waals surface area contributed by atoms with Crippen LogP contribution in [0, 0.1) is 6.92 Å². The van der Waals surface area contributed by atoms with E-state index in [0.717, 1.165) is 5.69 Å². The average Bonchev–Trinajstić information content (AvgIpc) is 2.45. The lowest BCUT2D eigenvalue weighted by Gasteiger charge is -2.28. The van der Waals surface area contributed by atoms with Crippen molar-refractivity contribution in [2.75, 3.05) is 17.6 Å². The van der Waals surface area contributed by atoms with Gasteiger partial charge < -0.3 is 10.2 Å². The molecule has 0 bridgehead atoms. The predicted molar refractivity (Wildman–Crippen MR) is 82.8 cm³/mol. The van der Waals surface area contributed by atoms with Crippen LogP contribution in [0.3, 0.4) is 0 Å². The maximum atomic E-state index is 12.4. The number of allylic oxidation sites excluding steroid dienone is 2. The van der Waals surface area contributed by atoms with E-state index in [4.69, 9.17) is 0 Å². The van der Waals surface area contributed by atoms with Gasteiger partial charge in [-0.1, -0.05) is 6.07 Å². The van der Waals surface area contributed by atoms with Gasteiger partial charge in [-0.2, -0.15) is 0 Å². The molecule has 3 heterocycles. The third-order valence-electron chi connectivity index (χ3n) is 3.23. The first-order valence-corrected chi connectivity index (χ1v) is 8.29. The van der Waals surface area contributed by atoms with E-state index in [2.05, 4.69) is 14.7 Å². The molecule has 0 spiro atoms. The van der Waals surface area contributed by atoms with E-state index in [1.165, 1.54) is 0 Å². The summed E-state index contributed by atoms with van der Waals surface area (Å²) in [6, 6.07) is 5.26. The van der Waals surface area contributed by atoms with Crippen LogP contribution in [0.4, 0.5) is 5.82 Å². The smallest absolute Gasteiger partial charge is 0.260 e. The molecule has 2 aliphatic heterocycles. The van der Waals surface area contributed by atoms with Gasteiger partial charge in [-0.3, -0.25) is 4.79 Å². The van der Waals surface area contributed by atoms with Crippen LogP contribution in [0.5, 0.6) is 0 Å². The fraction of sp³-hybridized carbons (Fsp3) is 0.214. The van der Waals surface area contributed by atoms with Crippen molar-refractivity contribution >= 4 is 27.6 Å². The highest BCUT2D eigenvalue weighted by molar-refractivity contribution is 7.90. The molecule has 7 nitrogen and oxygen atoms in total. The highest BCUT2D eigenvalue weighted by Gasteiger charge is 2.30. The van der Waals surface area contributed by atoms with E-state index < -0.39 is 15.9 Å². The van der Waals surface area contributed by atoms with Crippen LogP contribution in [0.25, 0.3) is 0 Å². The number of carbonyl (C=O) groups is 1. The van der Waals surface area contributed by atoms with Crippen molar-refractivity contribution in [3.8, 4) is 0 Å². The second kappa shape index (κ2) is 5.38. The Hall–Kier alpha value is -2.48. The molecule has 0 saturated carbocycles. The third kappa shape index (κ3) is 2.91. The lowest BCUT2D eigenvalue weighted by molar-refractivity contribution is -0.112. The fourth-order valence-corrected chi connectivity index (χ4v) is 3.18. The molecule has 0 aromatic carbocycles. The number of aryl methyl sites for hydroxylation is 1. The molecule has 22 heavy (non-hydrogen) atoms. The second-order valence-electron chi connectivity index (χ2n) is 4.93. The number of anilines is 1. The van der Waals surface area contributed by atoms with Gasteiger partial charge in [0.15, 0.2) is 5.84 Å². The van der Waals surface area contributed by atoms with Crippen LogP contribution in [0.15, 0.2) is 46.5 Å². The van der Waals surface area contributed by atoms with Gasteiger partial charge in [0.1, 0.15) is 5.82 Å². The number of nitrogens with one attached hydrogen (secondary N) is 1. The number of fused-ring (bicyclic) bond motifs is 1. The summed E-state index contributed by atoms with van der Waals surface area (Å²) in [7, 11) is -3.52. The lowest BCUT2D eigenvalue weighted by atomic mass is 10.1. The number of sulfonamides is 1. The average molecular weight is 318 g/mol. The highest BCUT2D eigenvalue weighted by Crippen LogP contribution is 2.19. The van der Waals surface area contributed by atoms with Crippen molar-refractivity contribution in [2.24, 2.45) is 4.40 Å². The molecule has 1 aromatic rings. The first-order chi connectivity index (χ1) is 10.4. The maximum Gasteiger partial charge on any atom is 0.260 e. The van der Waals surface area contributed by atoms with E-state index >= 15 is 0 Å². The first kappa shape index (κ1) is 14.5. The molecule has 8 heteroatoms. The Morgan fingerprint density at radius 1 is 1.36 bits per heavy atom. The fourth-order valence-electron chi connectivity index (χ4n) is 2.19. The third-order valence-corrected chi connectivity index (χ3v) is 4.38. The van der Waals surface area contributed by atoms with Crippen molar-refractivity contribution in [1.82, 2.24) is 9.88 Å². The Kier molecular flexibility index (Phi) is 3.53. The number of hydrogen-bond donors (Lipinski definition) is 1. The highest BCUT2D eigenvalue weighted by atomic mass is 32.2. The molecule has 0 aliphatic carbocycles. The summed E-state index contributed by atoms with van der Waals surface area (Å²) >= 11 is 0. The summed E-state index contributed by atoms with van der Waals surface area (Å²) < 4.78 is 27.0. The van der Waals surface area contributed by atoms with Crippen LogP contribution in [0.2, 0.25) is 0 Å². The van der Waals surface area contributed by atoms with E-state index in [9.17, 15) is 13.2 Å². The number of nitrogens with zero attached hydrogens (tertiary/aromatic N) is 3. The number of amides is 1. The zero-order chi connectivity index (χ0) is 15.7. The summed E-state index contributed by atoms with van der Waals surface area (Å²) in [5.41, 5.74) is 0.976. The molecular formula is C14H14N4O3S. The molecule has 3 rings (SSSR count). The van der Waals surface area contributed by atoms with E-state index in [1.54, 1.807) is 35.4 Å². The molecular weight excluding hydrogens is 304 g/mol. The lowest BCUT2D eigenvalue weighted by Crippen LogP contribution is -2.40. The Bertz CT molecular complexity index is 824. The Morgan fingerprint density at radius 2 is 2.18 bits per heavy atom. The van der Waals surface area contributed by atoms with Gasteiger partial charge in [0.05, 0.1) is 11.3 Å². The van der Waals surface area contributed by atoms with Crippen LogP contribution >= 0.6 is 0 Å². The largest absolute Gasteiger partial charge is 0.331 e. The van der Waals surface area contributed by atoms with Gasteiger partial charge in [-0.05, 0) is 31.2 Å². The minimum atomic E-state index is -3.52. The molecule has 0 fully saturated rings. The number of pyridine rings is 1. The molecule has 114 valence electrons. The zero-order valence-electron chi connectivity index (χ0n) is 11.9. The summed E-state index contributed by atoms with van der Waals surface area (Å²) in [5.74, 6) is 0.0586. The first-order valence-electron chi connectivity index (χ1n) is 6.68. The van der Waals surface area contributed by atoms with E-state index in [-0.39, 0.29) is 23.7 Å². The second-order valence-corrected chi connectivity index (χ2v) is 6.69. The van der Waals surface area contributed by atoms with Gasteiger partial charge in [0, 0.05) is 18.4 Å². The van der Waals surface area contributed by atoms with Crippen molar-refractivity contribution in [2.45, 2.75) is 6.92 Å². The quantitative estimate of drug-likeness (QED) is 0.872. The van der Waals surface area contributed by atoms with Crippen molar-refractivity contribution in [3.63, 3.8) is 0 Å². The van der Waals surface area contributed by atoms with Crippen LogP contribution < -0.4 is 5.32 Å². The molecule has 0 atom stereocenters. The normalized spacial score (nSPS) is 19.0. The van der Waals surface area contributed by atoms with Gasteiger partial charge in [0.25, 0.3) is 15.9 Å². The van der Waals surface area contributed by atoms with Gasteiger partial charge in [0.2, 0.25) is 0 Å². The Morgan fingerprint density at radius 3 is 2.95 bits per heavy atom. The Balaban J connectivity index is 1.90. The number of amidine groups is 1. The molecule has 1 aromatic heterocycles. The predicted octanol–water partition coefficient (Wildman–Crippen LogP) is 0.826. The van der Waals surface area contributed by atoms with Crippen LogP contribution in [-0.2, 0) is 14.8 Å². The number of rotatable bonds is 2. The number of carbonyl (C=O) groups excluding carboxylic acids is 1. The minimum Gasteiger partial charge on any atom is -0.331 e. The molecule has 0 radical (unpaired) electrons. The standard InChI is InChI=1S/C14H14N4O3S/c1-10-4-2-6-12(15-10)16-14(19)11-5-3-7-18-8-9-22(20,21)17-13(11)18/h2-7H,8-9H2,1H3,(H,15,16,19). The van der Waals surface area contributed by atoms with Gasteiger partial charge >= 0.3 is 0 Å². The summed E-state index contributed by atoms with van der Waals surface area (Å²) in [4.78, 5) is 18.2. The Labute approximate surface area is 128 Å². The number of hydrogen-bond acceptors (Lipinski definition) is 5. The summed E-state index contributed by atoms with van der Waals surface area (Å²) in [6.45, 7) is 2.10. The van der Waals surface area contributed by atoms with Crippen molar-refractivity contribution < 1.29 is 13.2 Å². The van der Waals surface area contributed by atoms with Gasteiger partial charge in [-0.15, -0.1) is 4.40 Å². The number of aromatic nitrogens is 1. The molecule has 2 aliphatic rings. The monoisotopic (exact) mass is 318 g/mol. The van der Waals surface area contributed by atoms with Gasteiger partial charge in [-0.25, -0.2) is 13.4 Å². The summed E-state index contributed by atoms with van der Waals surface area (Å²) in [5, 5.41) is 2.66. The van der Waals surface area contributed by atoms with Crippen molar-refractivity contribution in [3.05, 3.63) is 47.8 Å². The SMILES string of the molecule is Cc1cccc(NC(=O)C2=CC=CN3CCS(=O)(=O)N=C23)n1. The van der Waals surface area contributed by atoms with Crippen molar-refractivity contribution in [1.29, 1.82) is 0 Å². The van der Waals surface area contributed by atoms with Crippen LogP contribution in [-0.4, -0.2) is 42.3 Å². The minimum absolute atomic E-state index is 0.0603. The zero-order valence-corrected chi connectivity index (χ0v) is 12.7. The summed E-state index contributed by atoms with van der Waals surface area (Å²) in [6.07, 6.45) is 4.94. The molecule has 0 unspecified atom stereocenters. The molecule has 0 saturated heterocycles. The topological polar surface area (TPSA) is 91.7 Å². The van der Waals surface area contributed by atoms with E-state index in [0.29, 0.717) is 5.82 Å². The van der Waals surface area contributed by atoms with E-state index in [1.807, 2.05) is 13.0 Å². The maximum absolute atomic E-state index is 12.4.